The molecule has 2 heteroatoms. The van der Waals surface area contributed by atoms with Gasteiger partial charge in [0, 0.05) is 0 Å². The van der Waals surface area contributed by atoms with Crippen molar-refractivity contribution >= 4 is 0 Å². The molecule has 110 valence electrons. The lowest BCUT2D eigenvalue weighted by atomic mass is 9.70. The van der Waals surface area contributed by atoms with E-state index >= 15 is 0 Å². The van der Waals surface area contributed by atoms with Crippen LogP contribution in [-0.4, -0.2) is 12.2 Å². The Bertz CT molecular complexity index is 662. The Morgan fingerprint density at radius 1 is 1.14 bits per heavy atom. The van der Waals surface area contributed by atoms with Crippen LogP contribution in [0.5, 0.6) is 5.75 Å². The molecule has 2 nitrogen and oxygen atoms in total. The Morgan fingerprint density at radius 3 is 2.62 bits per heavy atom. The van der Waals surface area contributed by atoms with E-state index in [4.69, 9.17) is 4.74 Å². The summed E-state index contributed by atoms with van der Waals surface area (Å²) in [6.07, 6.45) is 1.76. The number of rotatable bonds is 2. The van der Waals surface area contributed by atoms with Crippen LogP contribution in [0, 0.1) is 6.92 Å². The van der Waals surface area contributed by atoms with E-state index in [0.29, 0.717) is 5.92 Å². The Kier molecular flexibility index (Phi) is 3.50. The maximum atomic E-state index is 11.4. The summed E-state index contributed by atoms with van der Waals surface area (Å²) in [5.74, 6) is 1.33. The molecular weight excluding hydrogens is 260 g/mol. The molecule has 0 saturated carbocycles. The number of aliphatic hydroxyl groups is 1. The average Bonchev–Trinajstić information content (AvgIpc) is 2.51. The molecule has 1 aliphatic rings. The minimum atomic E-state index is -0.889. The second kappa shape index (κ2) is 5.19. The molecular formula is C19H22O2. The summed E-state index contributed by atoms with van der Waals surface area (Å²) in [4.78, 5) is 0. The Hall–Kier alpha value is -1.80. The number of hydrogen-bond acceptors (Lipinski definition) is 2. The summed E-state index contributed by atoms with van der Waals surface area (Å²) in [5.41, 5.74) is 3.49. The SMILES string of the molecule is COc1ccc(C2(O)CCC(C)c3ccccc32)c(C)c1. The van der Waals surface area contributed by atoms with Crippen LogP contribution in [0.4, 0.5) is 0 Å². The summed E-state index contributed by atoms with van der Waals surface area (Å²) in [6, 6.07) is 14.2. The molecule has 0 amide bonds. The predicted molar refractivity (Wildman–Crippen MR) is 84.8 cm³/mol. The van der Waals surface area contributed by atoms with E-state index in [9.17, 15) is 5.11 Å². The van der Waals surface area contributed by atoms with E-state index in [1.54, 1.807) is 7.11 Å². The standard InChI is InChI=1S/C19H22O2/c1-13-10-11-19(20,18-7-5-4-6-16(13)18)17-9-8-15(21-3)12-14(17)2/h4-9,12-13,20H,10-11H2,1-3H3. The molecule has 1 N–H and O–H groups in total. The fourth-order valence-electron chi connectivity index (χ4n) is 3.53. The van der Waals surface area contributed by atoms with Gasteiger partial charge in [0.15, 0.2) is 0 Å². The number of aryl methyl sites for hydroxylation is 1. The van der Waals surface area contributed by atoms with Gasteiger partial charge in [-0.3, -0.25) is 0 Å². The Labute approximate surface area is 126 Å². The van der Waals surface area contributed by atoms with Crippen molar-refractivity contribution in [2.45, 2.75) is 38.2 Å². The highest BCUT2D eigenvalue weighted by Gasteiger charge is 2.39. The first-order valence-corrected chi connectivity index (χ1v) is 7.53. The van der Waals surface area contributed by atoms with Gasteiger partial charge in [-0.05, 0) is 60.1 Å². The van der Waals surface area contributed by atoms with Gasteiger partial charge in [-0.1, -0.05) is 37.3 Å². The van der Waals surface area contributed by atoms with Crippen molar-refractivity contribution in [1.82, 2.24) is 0 Å². The first-order chi connectivity index (χ1) is 10.1. The monoisotopic (exact) mass is 282 g/mol. The Morgan fingerprint density at radius 2 is 1.90 bits per heavy atom. The van der Waals surface area contributed by atoms with Crippen molar-refractivity contribution in [3.05, 3.63) is 64.7 Å². The van der Waals surface area contributed by atoms with Crippen molar-refractivity contribution in [3.63, 3.8) is 0 Å². The van der Waals surface area contributed by atoms with Crippen LogP contribution in [0.2, 0.25) is 0 Å². The lowest BCUT2D eigenvalue weighted by Crippen LogP contribution is -2.33. The van der Waals surface area contributed by atoms with Crippen LogP contribution in [-0.2, 0) is 5.60 Å². The van der Waals surface area contributed by atoms with Gasteiger partial charge >= 0.3 is 0 Å². The molecule has 21 heavy (non-hydrogen) atoms. The van der Waals surface area contributed by atoms with Gasteiger partial charge in [0.05, 0.1) is 7.11 Å². The third kappa shape index (κ3) is 2.24. The highest BCUT2D eigenvalue weighted by molar-refractivity contribution is 5.48. The molecule has 2 unspecified atom stereocenters. The first kappa shape index (κ1) is 14.2. The number of methoxy groups -OCH3 is 1. The normalized spacial score (nSPS) is 24.5. The molecule has 0 aliphatic heterocycles. The van der Waals surface area contributed by atoms with E-state index < -0.39 is 5.60 Å². The molecule has 0 spiro atoms. The minimum Gasteiger partial charge on any atom is -0.497 e. The van der Waals surface area contributed by atoms with Crippen LogP contribution in [0.25, 0.3) is 0 Å². The van der Waals surface area contributed by atoms with Gasteiger partial charge in [0.25, 0.3) is 0 Å². The zero-order valence-electron chi connectivity index (χ0n) is 12.9. The molecule has 0 heterocycles. The maximum Gasteiger partial charge on any atom is 0.119 e. The highest BCUT2D eigenvalue weighted by atomic mass is 16.5. The third-order valence-corrected chi connectivity index (χ3v) is 4.76. The van der Waals surface area contributed by atoms with E-state index in [0.717, 1.165) is 35.3 Å². The predicted octanol–water partition coefficient (Wildman–Crippen LogP) is 4.14. The zero-order valence-corrected chi connectivity index (χ0v) is 12.9. The van der Waals surface area contributed by atoms with E-state index in [1.165, 1.54) is 5.56 Å². The first-order valence-electron chi connectivity index (χ1n) is 7.53. The summed E-state index contributed by atoms with van der Waals surface area (Å²) in [5, 5.41) is 11.4. The van der Waals surface area contributed by atoms with Crippen LogP contribution in [0.1, 0.15) is 47.9 Å². The quantitative estimate of drug-likeness (QED) is 0.897. The number of benzene rings is 2. The van der Waals surface area contributed by atoms with Gasteiger partial charge in [0.2, 0.25) is 0 Å². The summed E-state index contributed by atoms with van der Waals surface area (Å²) in [6.45, 7) is 4.27. The smallest absolute Gasteiger partial charge is 0.119 e. The third-order valence-electron chi connectivity index (χ3n) is 4.76. The molecule has 0 radical (unpaired) electrons. The number of fused-ring (bicyclic) bond motifs is 1. The summed E-state index contributed by atoms with van der Waals surface area (Å²) >= 11 is 0. The molecule has 0 bridgehead atoms. The lowest BCUT2D eigenvalue weighted by molar-refractivity contribution is 0.0573. The van der Waals surface area contributed by atoms with Gasteiger partial charge in [-0.25, -0.2) is 0 Å². The largest absolute Gasteiger partial charge is 0.497 e. The van der Waals surface area contributed by atoms with Gasteiger partial charge in [-0.15, -0.1) is 0 Å². The molecule has 1 aliphatic carbocycles. The number of ether oxygens (including phenoxy) is 1. The van der Waals surface area contributed by atoms with E-state index in [-0.39, 0.29) is 0 Å². The second-order valence-corrected chi connectivity index (χ2v) is 6.07. The molecule has 3 rings (SSSR count). The molecule has 2 aromatic rings. The Balaban J connectivity index is 2.16. The van der Waals surface area contributed by atoms with Crippen molar-refractivity contribution < 1.29 is 9.84 Å². The summed E-state index contributed by atoms with van der Waals surface area (Å²) in [7, 11) is 1.67. The molecule has 0 fully saturated rings. The molecule has 2 atom stereocenters. The van der Waals surface area contributed by atoms with Crippen molar-refractivity contribution in [1.29, 1.82) is 0 Å². The molecule has 2 aromatic carbocycles. The van der Waals surface area contributed by atoms with Crippen molar-refractivity contribution in [2.75, 3.05) is 7.11 Å². The zero-order chi connectivity index (χ0) is 15.0. The van der Waals surface area contributed by atoms with Gasteiger partial charge in [0.1, 0.15) is 11.4 Å². The van der Waals surface area contributed by atoms with Crippen LogP contribution in [0.3, 0.4) is 0 Å². The van der Waals surface area contributed by atoms with Crippen molar-refractivity contribution in [3.8, 4) is 5.75 Å². The minimum absolute atomic E-state index is 0.500. The van der Waals surface area contributed by atoms with Gasteiger partial charge in [-0.2, -0.15) is 0 Å². The fourth-order valence-corrected chi connectivity index (χ4v) is 3.53. The van der Waals surface area contributed by atoms with Crippen LogP contribution >= 0.6 is 0 Å². The fraction of sp³-hybridized carbons (Fsp3) is 0.368. The summed E-state index contributed by atoms with van der Waals surface area (Å²) < 4.78 is 5.28. The maximum absolute atomic E-state index is 11.4. The van der Waals surface area contributed by atoms with E-state index in [1.807, 2.05) is 31.2 Å². The lowest BCUT2D eigenvalue weighted by Gasteiger charge is -2.38. The second-order valence-electron chi connectivity index (χ2n) is 6.07. The van der Waals surface area contributed by atoms with Crippen LogP contribution in [0.15, 0.2) is 42.5 Å². The average molecular weight is 282 g/mol. The topological polar surface area (TPSA) is 29.5 Å². The highest BCUT2D eigenvalue weighted by Crippen LogP contribution is 2.46. The molecule has 0 aromatic heterocycles. The van der Waals surface area contributed by atoms with E-state index in [2.05, 4.69) is 25.1 Å². The molecule has 0 saturated heterocycles. The van der Waals surface area contributed by atoms with Crippen molar-refractivity contribution in [2.24, 2.45) is 0 Å². The van der Waals surface area contributed by atoms with Gasteiger partial charge < -0.3 is 9.84 Å². The van der Waals surface area contributed by atoms with Crippen LogP contribution < -0.4 is 4.74 Å². The number of hydrogen-bond donors (Lipinski definition) is 1.